The van der Waals surface area contributed by atoms with Gasteiger partial charge in [0.15, 0.2) is 0 Å². The molecule has 3 aromatic rings. The summed E-state index contributed by atoms with van der Waals surface area (Å²) in [5.41, 5.74) is 0.334. The molecule has 0 saturated heterocycles. The number of carboxylic acid groups (broad SMARTS) is 1. The number of sulfone groups is 1. The van der Waals surface area contributed by atoms with Gasteiger partial charge in [0.1, 0.15) is 18.1 Å². The first kappa shape index (κ1) is 24.6. The molecule has 0 radical (unpaired) electrons. The van der Waals surface area contributed by atoms with Crippen molar-refractivity contribution in [1.29, 1.82) is 0 Å². The van der Waals surface area contributed by atoms with Crippen LogP contribution in [0.15, 0.2) is 86.3 Å². The summed E-state index contributed by atoms with van der Waals surface area (Å²) in [6.45, 7) is 0.528. The Hall–Kier alpha value is -3.01. The van der Waals surface area contributed by atoms with Crippen molar-refractivity contribution in [2.75, 3.05) is 27.4 Å². The number of rotatable bonds is 11. The second-order valence-electron chi connectivity index (χ2n) is 6.98. The topological polar surface area (TPSA) is 99.1 Å². The second kappa shape index (κ2) is 11.2. The van der Waals surface area contributed by atoms with Gasteiger partial charge in [-0.1, -0.05) is 17.8 Å². The molecule has 174 valence electrons. The summed E-state index contributed by atoms with van der Waals surface area (Å²) in [4.78, 5) is 13.1. The fourth-order valence-corrected chi connectivity index (χ4v) is 5.22. The molecule has 0 aromatic heterocycles. The number of methoxy groups -OCH3 is 2. The van der Waals surface area contributed by atoms with Crippen LogP contribution in [-0.4, -0.2) is 46.9 Å². The third kappa shape index (κ3) is 6.74. The maximum atomic E-state index is 13.3. The quantitative estimate of drug-likeness (QED) is 0.398. The molecule has 3 aromatic carbocycles. The van der Waals surface area contributed by atoms with Crippen LogP contribution < -0.4 is 9.47 Å². The Morgan fingerprint density at radius 3 is 2.30 bits per heavy atom. The van der Waals surface area contributed by atoms with Crippen LogP contribution in [0.25, 0.3) is 0 Å². The fourth-order valence-electron chi connectivity index (χ4n) is 3.01. The van der Waals surface area contributed by atoms with Gasteiger partial charge in [0.2, 0.25) is 9.84 Å². The van der Waals surface area contributed by atoms with E-state index in [9.17, 15) is 13.2 Å². The highest BCUT2D eigenvalue weighted by Gasteiger charge is 2.20. The summed E-state index contributed by atoms with van der Waals surface area (Å²) in [6.07, 6.45) is -0.319. The van der Waals surface area contributed by atoms with Crippen LogP contribution in [0, 0.1) is 0 Å². The highest BCUT2D eigenvalue weighted by Crippen LogP contribution is 2.32. The zero-order valence-corrected chi connectivity index (χ0v) is 19.8. The van der Waals surface area contributed by atoms with Crippen LogP contribution in [0.5, 0.6) is 11.5 Å². The molecule has 3 rings (SSSR count). The lowest BCUT2D eigenvalue weighted by molar-refractivity contribution is -0.136. The van der Waals surface area contributed by atoms with E-state index in [1.807, 2.05) is 24.3 Å². The number of carboxylic acids is 1. The standard InChI is InChI=1S/C24H24O7S2/c1-29-10-11-31-19-12-17(14-24(25)26)13-23(16-19)33(27,28)22-8-6-20(7-9-22)32-21-5-3-4-18(15-21)30-2/h3-9,12-13,15-16H,10-11,14H2,1-2H3,(H,25,26). The number of aliphatic carboxylic acids is 1. The average molecular weight is 489 g/mol. The average Bonchev–Trinajstić information content (AvgIpc) is 2.79. The molecule has 0 aliphatic heterocycles. The summed E-state index contributed by atoms with van der Waals surface area (Å²) >= 11 is 1.48. The van der Waals surface area contributed by atoms with Crippen molar-refractivity contribution in [2.24, 2.45) is 0 Å². The van der Waals surface area contributed by atoms with E-state index in [0.717, 1.165) is 15.5 Å². The second-order valence-corrected chi connectivity index (χ2v) is 10.1. The molecule has 9 heteroatoms. The van der Waals surface area contributed by atoms with Crippen LogP contribution in [0.3, 0.4) is 0 Å². The van der Waals surface area contributed by atoms with Crippen molar-refractivity contribution in [3.8, 4) is 11.5 Å². The lowest BCUT2D eigenvalue weighted by Crippen LogP contribution is -2.08. The molecule has 0 aliphatic rings. The van der Waals surface area contributed by atoms with Gasteiger partial charge in [-0.25, -0.2) is 8.42 Å². The predicted molar refractivity (Wildman–Crippen MR) is 124 cm³/mol. The van der Waals surface area contributed by atoms with Gasteiger partial charge in [0.25, 0.3) is 0 Å². The number of carbonyl (C=O) groups is 1. The maximum Gasteiger partial charge on any atom is 0.307 e. The van der Waals surface area contributed by atoms with E-state index < -0.39 is 15.8 Å². The number of hydrogen-bond acceptors (Lipinski definition) is 7. The summed E-state index contributed by atoms with van der Waals surface area (Å²) in [7, 11) is -0.760. The monoisotopic (exact) mass is 488 g/mol. The van der Waals surface area contributed by atoms with Gasteiger partial charge in [0, 0.05) is 16.9 Å². The molecular formula is C24H24O7S2. The number of hydrogen-bond donors (Lipinski definition) is 1. The Morgan fingerprint density at radius 2 is 1.64 bits per heavy atom. The van der Waals surface area contributed by atoms with Gasteiger partial charge in [-0.15, -0.1) is 0 Å². The molecule has 0 atom stereocenters. The van der Waals surface area contributed by atoms with E-state index in [4.69, 9.17) is 19.3 Å². The molecule has 1 N–H and O–H groups in total. The van der Waals surface area contributed by atoms with E-state index in [1.165, 1.54) is 49.2 Å². The van der Waals surface area contributed by atoms with E-state index >= 15 is 0 Å². The zero-order chi connectivity index (χ0) is 23.8. The zero-order valence-electron chi connectivity index (χ0n) is 18.2. The molecule has 0 unspecified atom stereocenters. The van der Waals surface area contributed by atoms with Gasteiger partial charge in [0.05, 0.1) is 29.9 Å². The largest absolute Gasteiger partial charge is 0.497 e. The van der Waals surface area contributed by atoms with E-state index in [0.29, 0.717) is 12.2 Å². The summed E-state index contributed by atoms with van der Waals surface area (Å²) in [6, 6.07) is 18.4. The molecule has 0 bridgehead atoms. The van der Waals surface area contributed by atoms with Crippen LogP contribution in [-0.2, 0) is 25.8 Å². The first-order chi connectivity index (χ1) is 15.8. The minimum Gasteiger partial charge on any atom is -0.497 e. The maximum absolute atomic E-state index is 13.3. The number of ether oxygens (including phenoxy) is 3. The summed E-state index contributed by atoms with van der Waals surface area (Å²) < 4.78 is 42.2. The van der Waals surface area contributed by atoms with Gasteiger partial charge < -0.3 is 19.3 Å². The van der Waals surface area contributed by atoms with Gasteiger partial charge in [-0.3, -0.25) is 4.79 Å². The van der Waals surface area contributed by atoms with Crippen molar-refractivity contribution in [1.82, 2.24) is 0 Å². The molecular weight excluding hydrogens is 464 g/mol. The molecule has 0 fully saturated rings. The van der Waals surface area contributed by atoms with E-state index in [2.05, 4.69) is 0 Å². The molecule has 0 aliphatic carbocycles. The molecule has 7 nitrogen and oxygen atoms in total. The Bertz CT molecular complexity index is 1210. The Kier molecular flexibility index (Phi) is 8.37. The number of benzene rings is 3. The van der Waals surface area contributed by atoms with Gasteiger partial charge in [-0.05, 0) is 66.2 Å². The summed E-state index contributed by atoms with van der Waals surface area (Å²) in [5, 5.41) is 9.15. The normalized spacial score (nSPS) is 11.2. The van der Waals surface area contributed by atoms with Gasteiger partial charge in [-0.2, -0.15) is 0 Å². The minimum absolute atomic E-state index is 0.0261. The smallest absolute Gasteiger partial charge is 0.307 e. The highest BCUT2D eigenvalue weighted by molar-refractivity contribution is 7.99. The van der Waals surface area contributed by atoms with Crippen LogP contribution in [0.4, 0.5) is 0 Å². The summed E-state index contributed by atoms with van der Waals surface area (Å²) in [5.74, 6) is -0.0511. The minimum atomic E-state index is -3.88. The molecule has 0 spiro atoms. The molecule has 0 saturated carbocycles. The van der Waals surface area contributed by atoms with E-state index in [-0.39, 0.29) is 28.6 Å². The SMILES string of the molecule is COCCOc1cc(CC(=O)O)cc(S(=O)(=O)c2ccc(Sc3cccc(OC)c3)cc2)c1. The van der Waals surface area contributed by atoms with Crippen LogP contribution >= 0.6 is 11.8 Å². The Labute approximate surface area is 197 Å². The van der Waals surface area contributed by atoms with Crippen molar-refractivity contribution in [3.05, 3.63) is 72.3 Å². The molecule has 33 heavy (non-hydrogen) atoms. The fraction of sp³-hybridized carbons (Fsp3) is 0.208. The van der Waals surface area contributed by atoms with Crippen molar-refractivity contribution < 1.29 is 32.5 Å². The van der Waals surface area contributed by atoms with Crippen molar-refractivity contribution in [3.63, 3.8) is 0 Å². The molecule has 0 amide bonds. The van der Waals surface area contributed by atoms with Crippen molar-refractivity contribution >= 4 is 27.6 Å². The molecule has 0 heterocycles. The Morgan fingerprint density at radius 1 is 0.879 bits per heavy atom. The third-order valence-electron chi connectivity index (χ3n) is 4.57. The van der Waals surface area contributed by atoms with Crippen LogP contribution in [0.1, 0.15) is 5.56 Å². The lowest BCUT2D eigenvalue weighted by Gasteiger charge is -2.12. The first-order valence-electron chi connectivity index (χ1n) is 9.96. The third-order valence-corrected chi connectivity index (χ3v) is 7.32. The predicted octanol–water partition coefficient (Wildman–Crippen LogP) is 4.33. The lowest BCUT2D eigenvalue weighted by atomic mass is 10.1. The first-order valence-corrected chi connectivity index (χ1v) is 12.3. The Balaban J connectivity index is 1.87. The van der Waals surface area contributed by atoms with E-state index in [1.54, 1.807) is 19.2 Å². The van der Waals surface area contributed by atoms with Crippen molar-refractivity contribution in [2.45, 2.75) is 26.0 Å². The van der Waals surface area contributed by atoms with Crippen LogP contribution in [0.2, 0.25) is 0 Å². The highest BCUT2D eigenvalue weighted by atomic mass is 32.2. The van der Waals surface area contributed by atoms with Gasteiger partial charge >= 0.3 is 5.97 Å².